The van der Waals surface area contributed by atoms with Crippen LogP contribution in [-0.4, -0.2) is 54.1 Å². The number of para-hydroxylation sites is 1. The zero-order chi connectivity index (χ0) is 19.1. The van der Waals surface area contributed by atoms with Gasteiger partial charge in [0.25, 0.3) is 0 Å². The molecule has 0 unspecified atom stereocenters. The molecule has 7 heteroatoms. The van der Waals surface area contributed by atoms with E-state index in [1.54, 1.807) is 0 Å². The molecule has 0 atom stereocenters. The fraction of sp³-hybridized carbons (Fsp3) is 0.571. The maximum Gasteiger partial charge on any atom is 0.184 e. The number of piperazine rings is 1. The minimum absolute atomic E-state index is 0.604. The molecule has 0 bridgehead atoms. The Morgan fingerprint density at radius 3 is 2.64 bits per heavy atom. The summed E-state index contributed by atoms with van der Waals surface area (Å²) in [4.78, 5) is 4.90. The number of nitrogens with zero attached hydrogens (tertiary/aromatic N) is 4. The summed E-state index contributed by atoms with van der Waals surface area (Å²) in [5.74, 6) is 3.19. The molecule has 7 nitrogen and oxygen atoms in total. The van der Waals surface area contributed by atoms with Crippen LogP contribution in [0, 0.1) is 0 Å². The van der Waals surface area contributed by atoms with Gasteiger partial charge in [-0.15, -0.1) is 0 Å². The van der Waals surface area contributed by atoms with Gasteiger partial charge in [-0.3, -0.25) is 9.58 Å². The van der Waals surface area contributed by atoms with Crippen LogP contribution >= 0.6 is 0 Å². The van der Waals surface area contributed by atoms with Crippen molar-refractivity contribution in [3.05, 3.63) is 29.5 Å². The van der Waals surface area contributed by atoms with Gasteiger partial charge in [0, 0.05) is 51.3 Å². The number of fused-ring (bicyclic) bond motifs is 1. The van der Waals surface area contributed by atoms with E-state index in [-0.39, 0.29) is 0 Å². The molecule has 28 heavy (non-hydrogen) atoms. The molecule has 3 aliphatic rings. The summed E-state index contributed by atoms with van der Waals surface area (Å²) in [6.07, 6.45) is 3.81. The second kappa shape index (κ2) is 7.20. The second-order valence-electron chi connectivity index (χ2n) is 8.06. The highest BCUT2D eigenvalue weighted by Gasteiger charge is 2.29. The number of aryl methyl sites for hydroxylation is 1. The van der Waals surface area contributed by atoms with Crippen molar-refractivity contribution in [1.29, 1.82) is 0 Å². The number of rotatable bonds is 4. The number of nitrogen functional groups attached to an aromatic ring is 1. The average molecular weight is 383 g/mol. The van der Waals surface area contributed by atoms with E-state index in [1.807, 2.05) is 17.8 Å². The monoisotopic (exact) mass is 383 g/mol. The van der Waals surface area contributed by atoms with Crippen molar-refractivity contribution in [1.82, 2.24) is 14.7 Å². The number of benzene rings is 1. The van der Waals surface area contributed by atoms with E-state index in [9.17, 15) is 0 Å². The molecule has 1 saturated heterocycles. The van der Waals surface area contributed by atoms with Gasteiger partial charge in [-0.25, -0.2) is 0 Å². The van der Waals surface area contributed by atoms with Crippen LogP contribution in [0.5, 0.6) is 11.5 Å². The highest BCUT2D eigenvalue weighted by molar-refractivity contribution is 5.65. The molecule has 5 rings (SSSR count). The Kier molecular flexibility index (Phi) is 4.55. The third-order valence-corrected chi connectivity index (χ3v) is 6.36. The van der Waals surface area contributed by atoms with Crippen LogP contribution in [0.4, 0.5) is 11.5 Å². The molecule has 3 heterocycles. The second-order valence-corrected chi connectivity index (χ2v) is 8.06. The maximum atomic E-state index is 6.36. The van der Waals surface area contributed by atoms with Crippen molar-refractivity contribution in [3.8, 4) is 11.5 Å². The fourth-order valence-electron chi connectivity index (χ4n) is 4.45. The largest absolute Gasteiger partial charge is 0.486 e. The molecule has 2 fully saturated rings. The molecule has 1 aromatic carbocycles. The van der Waals surface area contributed by atoms with Crippen LogP contribution in [0.2, 0.25) is 0 Å². The van der Waals surface area contributed by atoms with Gasteiger partial charge in [0.2, 0.25) is 0 Å². The summed E-state index contributed by atoms with van der Waals surface area (Å²) in [6.45, 7) is 6.09. The third kappa shape index (κ3) is 3.07. The van der Waals surface area contributed by atoms with Crippen LogP contribution in [0.25, 0.3) is 0 Å². The molecule has 1 saturated carbocycles. The topological polar surface area (TPSA) is 68.8 Å². The predicted octanol–water partition coefficient (Wildman–Crippen LogP) is 2.36. The number of nitrogens with two attached hydrogens (primary N) is 1. The van der Waals surface area contributed by atoms with Gasteiger partial charge in [0.15, 0.2) is 11.5 Å². The Hall–Kier alpha value is -2.41. The van der Waals surface area contributed by atoms with E-state index < -0.39 is 0 Å². The van der Waals surface area contributed by atoms with Gasteiger partial charge < -0.3 is 20.1 Å². The van der Waals surface area contributed by atoms with Crippen molar-refractivity contribution in [2.24, 2.45) is 7.05 Å². The third-order valence-electron chi connectivity index (χ3n) is 6.36. The lowest BCUT2D eigenvalue weighted by molar-refractivity contribution is 0.171. The normalized spacial score (nSPS) is 20.2. The van der Waals surface area contributed by atoms with Gasteiger partial charge in [-0.1, -0.05) is 12.5 Å². The molecule has 2 N–H and O–H groups in total. The molecule has 1 aromatic heterocycles. The summed E-state index contributed by atoms with van der Waals surface area (Å²) in [5, 5.41) is 4.73. The van der Waals surface area contributed by atoms with E-state index >= 15 is 0 Å². The van der Waals surface area contributed by atoms with Crippen molar-refractivity contribution >= 4 is 11.5 Å². The minimum Gasteiger partial charge on any atom is -0.486 e. The summed E-state index contributed by atoms with van der Waals surface area (Å²) in [6, 6.07) is 6.18. The van der Waals surface area contributed by atoms with Crippen molar-refractivity contribution in [2.75, 3.05) is 50.0 Å². The standard InChI is InChI=1S/C21H29N5O2/c1-24-21(22)16(19(23-24)15-4-2-5-15)14-25-8-10-26(11-9-25)17-6-3-7-18-20(17)28-13-12-27-18/h3,6-7,15H,2,4-5,8-14,22H2,1H3. The Balaban J connectivity index is 1.27. The van der Waals surface area contributed by atoms with Crippen LogP contribution in [-0.2, 0) is 13.6 Å². The van der Waals surface area contributed by atoms with Gasteiger partial charge in [0.1, 0.15) is 19.0 Å². The average Bonchev–Trinajstić information content (AvgIpc) is 2.95. The summed E-state index contributed by atoms with van der Waals surface area (Å²) < 4.78 is 13.5. The Morgan fingerprint density at radius 2 is 1.89 bits per heavy atom. The molecule has 2 aliphatic heterocycles. The molecule has 0 radical (unpaired) electrons. The molecule has 150 valence electrons. The van der Waals surface area contributed by atoms with Crippen LogP contribution in [0.1, 0.15) is 36.4 Å². The quantitative estimate of drug-likeness (QED) is 0.874. The summed E-state index contributed by atoms with van der Waals surface area (Å²) in [7, 11) is 1.96. The van der Waals surface area contributed by atoms with Gasteiger partial charge in [0.05, 0.1) is 11.4 Å². The first-order valence-corrected chi connectivity index (χ1v) is 10.4. The van der Waals surface area contributed by atoms with Crippen LogP contribution in [0.3, 0.4) is 0 Å². The smallest absolute Gasteiger partial charge is 0.184 e. The van der Waals surface area contributed by atoms with E-state index in [4.69, 9.17) is 20.3 Å². The van der Waals surface area contributed by atoms with Gasteiger partial charge in [-0.2, -0.15) is 5.10 Å². The Bertz CT molecular complexity index is 853. The van der Waals surface area contributed by atoms with Crippen molar-refractivity contribution in [3.63, 3.8) is 0 Å². The van der Waals surface area contributed by atoms with Crippen LogP contribution < -0.4 is 20.1 Å². The van der Waals surface area contributed by atoms with E-state index in [0.29, 0.717) is 19.1 Å². The molecule has 2 aromatic rings. The number of hydrogen-bond acceptors (Lipinski definition) is 6. The first-order chi connectivity index (χ1) is 13.7. The zero-order valence-corrected chi connectivity index (χ0v) is 16.6. The highest BCUT2D eigenvalue weighted by Crippen LogP contribution is 2.41. The molecule has 0 amide bonds. The van der Waals surface area contributed by atoms with Crippen molar-refractivity contribution < 1.29 is 9.47 Å². The van der Waals surface area contributed by atoms with E-state index in [1.165, 1.54) is 30.5 Å². The Labute approximate surface area is 166 Å². The molecular formula is C21H29N5O2. The molecular weight excluding hydrogens is 354 g/mol. The summed E-state index contributed by atoms with van der Waals surface area (Å²) in [5.41, 5.74) is 9.99. The SMILES string of the molecule is Cn1nc(C2CCC2)c(CN2CCN(c3cccc4c3OCCO4)CC2)c1N. The van der Waals surface area contributed by atoms with Gasteiger partial charge >= 0.3 is 0 Å². The molecule has 0 spiro atoms. The Morgan fingerprint density at radius 1 is 1.11 bits per heavy atom. The number of ether oxygens (including phenoxy) is 2. The highest BCUT2D eigenvalue weighted by atomic mass is 16.6. The predicted molar refractivity (Wildman–Crippen MR) is 109 cm³/mol. The maximum absolute atomic E-state index is 6.36. The van der Waals surface area contributed by atoms with Crippen molar-refractivity contribution in [2.45, 2.75) is 31.7 Å². The molecule has 1 aliphatic carbocycles. The number of aromatic nitrogens is 2. The summed E-state index contributed by atoms with van der Waals surface area (Å²) >= 11 is 0. The van der Waals surface area contributed by atoms with E-state index in [0.717, 1.165) is 55.7 Å². The van der Waals surface area contributed by atoms with E-state index in [2.05, 4.69) is 21.9 Å². The lowest BCUT2D eigenvalue weighted by atomic mass is 9.81. The number of anilines is 2. The fourth-order valence-corrected chi connectivity index (χ4v) is 4.45. The zero-order valence-electron chi connectivity index (χ0n) is 16.6. The number of hydrogen-bond donors (Lipinski definition) is 1. The van der Waals surface area contributed by atoms with Gasteiger partial charge in [-0.05, 0) is 25.0 Å². The lowest BCUT2D eigenvalue weighted by Crippen LogP contribution is -2.46. The lowest BCUT2D eigenvalue weighted by Gasteiger charge is -2.37. The first kappa shape index (κ1) is 17.7. The van der Waals surface area contributed by atoms with Crippen LogP contribution in [0.15, 0.2) is 18.2 Å². The first-order valence-electron chi connectivity index (χ1n) is 10.4. The minimum atomic E-state index is 0.604.